The topological polar surface area (TPSA) is 9.23 Å². The highest BCUT2D eigenvalue weighted by atomic mass is 16.5. The molecule has 98 valence electrons. The van der Waals surface area contributed by atoms with E-state index in [-0.39, 0.29) is 5.60 Å². The van der Waals surface area contributed by atoms with E-state index in [4.69, 9.17) is 4.74 Å². The van der Waals surface area contributed by atoms with Crippen LogP contribution in [-0.4, -0.2) is 12.7 Å². The lowest BCUT2D eigenvalue weighted by Crippen LogP contribution is -2.45. The van der Waals surface area contributed by atoms with Gasteiger partial charge in [0, 0.05) is 7.11 Å². The van der Waals surface area contributed by atoms with Gasteiger partial charge in [0.05, 0.1) is 5.60 Å². The average Bonchev–Trinajstić information content (AvgIpc) is 2.70. The predicted molar refractivity (Wildman–Crippen MR) is 70.9 cm³/mol. The maximum absolute atomic E-state index is 5.94. The molecule has 1 heteroatoms. The highest BCUT2D eigenvalue weighted by Crippen LogP contribution is 2.73. The van der Waals surface area contributed by atoms with Gasteiger partial charge in [0.15, 0.2) is 0 Å². The van der Waals surface area contributed by atoms with Crippen molar-refractivity contribution in [2.45, 2.75) is 65.4 Å². The van der Waals surface area contributed by atoms with Gasteiger partial charge in [0.25, 0.3) is 0 Å². The molecule has 1 nitrogen and oxygen atoms in total. The molecule has 0 aromatic carbocycles. The maximum atomic E-state index is 5.94. The zero-order valence-electron chi connectivity index (χ0n) is 12.2. The van der Waals surface area contributed by atoms with E-state index in [0.717, 1.165) is 17.8 Å². The molecule has 0 aromatic rings. The fourth-order valence-corrected chi connectivity index (χ4v) is 6.10. The standard InChI is InChI=1S/C16H28O/c1-11-6-7-12-14(2,3)13-10-16(11,12)9-8-15(13,4)17-5/h11-13H,6-10H2,1-5H3/t11-,12-,13+,15+,16+/m0/s1. The number of hydrogen-bond acceptors (Lipinski definition) is 1. The number of hydrogen-bond donors (Lipinski definition) is 0. The van der Waals surface area contributed by atoms with Crippen molar-refractivity contribution in [1.29, 1.82) is 0 Å². The van der Waals surface area contributed by atoms with Crippen molar-refractivity contribution in [3.05, 3.63) is 0 Å². The normalized spacial score (nSPS) is 55.9. The van der Waals surface area contributed by atoms with Gasteiger partial charge in [-0.25, -0.2) is 0 Å². The Kier molecular flexibility index (Phi) is 2.32. The van der Waals surface area contributed by atoms with Crippen molar-refractivity contribution < 1.29 is 4.74 Å². The minimum atomic E-state index is 0.138. The summed E-state index contributed by atoms with van der Waals surface area (Å²) in [5, 5.41) is 0. The van der Waals surface area contributed by atoms with Crippen LogP contribution < -0.4 is 0 Å². The molecule has 0 saturated heterocycles. The summed E-state index contributed by atoms with van der Waals surface area (Å²) in [5.41, 5.74) is 1.29. The zero-order valence-corrected chi connectivity index (χ0v) is 12.2. The Labute approximate surface area is 106 Å². The van der Waals surface area contributed by atoms with Crippen LogP contribution in [0, 0.1) is 28.6 Å². The molecule has 1 spiro atoms. The lowest BCUT2D eigenvalue weighted by molar-refractivity contribution is -0.100. The van der Waals surface area contributed by atoms with E-state index in [2.05, 4.69) is 27.7 Å². The van der Waals surface area contributed by atoms with E-state index in [1.165, 1.54) is 32.1 Å². The van der Waals surface area contributed by atoms with Gasteiger partial charge in [-0.2, -0.15) is 0 Å². The van der Waals surface area contributed by atoms with E-state index in [1.54, 1.807) is 0 Å². The van der Waals surface area contributed by atoms with Crippen molar-refractivity contribution in [2.75, 3.05) is 7.11 Å². The van der Waals surface area contributed by atoms with Crippen molar-refractivity contribution in [3.8, 4) is 0 Å². The molecule has 3 fully saturated rings. The molecule has 0 unspecified atom stereocenters. The molecule has 0 aromatic heterocycles. The Morgan fingerprint density at radius 1 is 1.00 bits per heavy atom. The van der Waals surface area contributed by atoms with Gasteiger partial charge in [-0.15, -0.1) is 0 Å². The van der Waals surface area contributed by atoms with Crippen LogP contribution in [0.1, 0.15) is 59.8 Å². The molecule has 0 heterocycles. The Morgan fingerprint density at radius 2 is 1.71 bits per heavy atom. The van der Waals surface area contributed by atoms with Gasteiger partial charge in [0.2, 0.25) is 0 Å². The molecule has 0 radical (unpaired) electrons. The summed E-state index contributed by atoms with van der Waals surface area (Å²) in [4.78, 5) is 0. The molecule has 0 amide bonds. The van der Waals surface area contributed by atoms with Gasteiger partial charge in [-0.05, 0) is 67.6 Å². The van der Waals surface area contributed by atoms with E-state index in [1.807, 2.05) is 7.11 Å². The minimum Gasteiger partial charge on any atom is -0.378 e. The zero-order chi connectivity index (χ0) is 12.5. The quantitative estimate of drug-likeness (QED) is 0.661. The van der Waals surface area contributed by atoms with Crippen molar-refractivity contribution in [2.24, 2.45) is 28.6 Å². The van der Waals surface area contributed by atoms with E-state index >= 15 is 0 Å². The molecule has 0 aliphatic heterocycles. The highest BCUT2D eigenvalue weighted by molar-refractivity contribution is 5.17. The molecule has 3 aliphatic rings. The predicted octanol–water partition coefficient (Wildman–Crippen LogP) is 4.26. The van der Waals surface area contributed by atoms with Crippen LogP contribution in [0.4, 0.5) is 0 Å². The van der Waals surface area contributed by atoms with E-state index in [9.17, 15) is 0 Å². The molecule has 5 atom stereocenters. The molecule has 3 rings (SSSR count). The monoisotopic (exact) mass is 236 g/mol. The minimum absolute atomic E-state index is 0.138. The van der Waals surface area contributed by atoms with Gasteiger partial charge >= 0.3 is 0 Å². The van der Waals surface area contributed by atoms with E-state index < -0.39 is 0 Å². The van der Waals surface area contributed by atoms with Crippen molar-refractivity contribution in [1.82, 2.24) is 0 Å². The summed E-state index contributed by atoms with van der Waals surface area (Å²) >= 11 is 0. The van der Waals surface area contributed by atoms with Crippen LogP contribution in [-0.2, 0) is 4.74 Å². The number of ether oxygens (including phenoxy) is 1. The molecular formula is C16H28O. The third kappa shape index (κ3) is 1.25. The molecule has 2 bridgehead atoms. The van der Waals surface area contributed by atoms with Crippen LogP contribution in [0.25, 0.3) is 0 Å². The summed E-state index contributed by atoms with van der Waals surface area (Å²) < 4.78 is 5.94. The number of methoxy groups -OCH3 is 1. The Morgan fingerprint density at radius 3 is 2.35 bits per heavy atom. The summed E-state index contributed by atoms with van der Waals surface area (Å²) in [7, 11) is 1.92. The smallest absolute Gasteiger partial charge is 0.0684 e. The SMILES string of the molecule is CO[C@]1(C)CC[C@]23C[C@@H]1C(C)(C)[C@@H]2CC[C@@H]3C. The first-order chi connectivity index (χ1) is 7.87. The van der Waals surface area contributed by atoms with Crippen LogP contribution in [0.3, 0.4) is 0 Å². The lowest BCUT2D eigenvalue weighted by Gasteiger charge is -2.46. The van der Waals surface area contributed by atoms with Gasteiger partial charge in [-0.1, -0.05) is 20.8 Å². The second-order valence-electron chi connectivity index (χ2n) is 7.86. The van der Waals surface area contributed by atoms with Crippen molar-refractivity contribution in [3.63, 3.8) is 0 Å². The maximum Gasteiger partial charge on any atom is 0.0684 e. The second-order valence-corrected chi connectivity index (χ2v) is 7.86. The highest BCUT2D eigenvalue weighted by Gasteiger charge is 2.68. The van der Waals surface area contributed by atoms with Gasteiger partial charge in [0.1, 0.15) is 0 Å². The average molecular weight is 236 g/mol. The van der Waals surface area contributed by atoms with Gasteiger partial charge in [-0.3, -0.25) is 0 Å². The Bertz CT molecular complexity index is 334. The van der Waals surface area contributed by atoms with Crippen LogP contribution in [0.15, 0.2) is 0 Å². The summed E-state index contributed by atoms with van der Waals surface area (Å²) in [6.07, 6.45) is 7.03. The molecular weight excluding hydrogens is 208 g/mol. The van der Waals surface area contributed by atoms with E-state index in [0.29, 0.717) is 10.8 Å². The third-order valence-electron chi connectivity index (χ3n) is 7.23. The summed E-state index contributed by atoms with van der Waals surface area (Å²) in [6.45, 7) is 9.90. The number of fused-ring (bicyclic) bond motifs is 1. The van der Waals surface area contributed by atoms with Crippen LogP contribution in [0.2, 0.25) is 0 Å². The first kappa shape index (κ1) is 12.0. The summed E-state index contributed by atoms with van der Waals surface area (Å²) in [6, 6.07) is 0. The molecule has 17 heavy (non-hydrogen) atoms. The second kappa shape index (κ2) is 3.29. The first-order valence-corrected chi connectivity index (χ1v) is 7.42. The van der Waals surface area contributed by atoms with Crippen molar-refractivity contribution >= 4 is 0 Å². The number of rotatable bonds is 1. The Balaban J connectivity index is 2.04. The Hall–Kier alpha value is -0.0400. The fourth-order valence-electron chi connectivity index (χ4n) is 6.10. The van der Waals surface area contributed by atoms with Crippen LogP contribution in [0.5, 0.6) is 0 Å². The lowest BCUT2D eigenvalue weighted by atomic mass is 9.64. The van der Waals surface area contributed by atoms with Crippen LogP contribution >= 0.6 is 0 Å². The largest absolute Gasteiger partial charge is 0.378 e. The van der Waals surface area contributed by atoms with Gasteiger partial charge < -0.3 is 4.74 Å². The third-order valence-corrected chi connectivity index (χ3v) is 7.23. The molecule has 3 aliphatic carbocycles. The molecule has 3 saturated carbocycles. The fraction of sp³-hybridized carbons (Fsp3) is 1.00. The molecule has 0 N–H and O–H groups in total. The first-order valence-electron chi connectivity index (χ1n) is 7.42. The summed E-state index contributed by atoms with van der Waals surface area (Å²) in [5.74, 6) is 2.66.